The Balaban J connectivity index is 1.92. The maximum atomic E-state index is 6.14. The fourth-order valence-corrected chi connectivity index (χ4v) is 3.03. The summed E-state index contributed by atoms with van der Waals surface area (Å²) in [7, 11) is 3.24. The standard InChI is InChI=1S/C16H18ClNO3/c1-19-15-9-13(16(20-2)8-11(15)17)18-12-4-3-5-14-10(12)6-7-21-14/h6-9,12,18H,3-5H2,1-2H3. The van der Waals surface area contributed by atoms with Gasteiger partial charge in [0, 0.05) is 24.1 Å². The zero-order chi connectivity index (χ0) is 14.8. The van der Waals surface area contributed by atoms with Crippen LogP contribution >= 0.6 is 11.6 Å². The Labute approximate surface area is 129 Å². The van der Waals surface area contributed by atoms with Crippen molar-refractivity contribution in [1.29, 1.82) is 0 Å². The van der Waals surface area contributed by atoms with Gasteiger partial charge in [-0.05, 0) is 18.9 Å². The maximum absolute atomic E-state index is 6.14. The molecule has 21 heavy (non-hydrogen) atoms. The first-order valence-electron chi connectivity index (χ1n) is 6.97. The highest BCUT2D eigenvalue weighted by atomic mass is 35.5. The van der Waals surface area contributed by atoms with Crippen molar-refractivity contribution < 1.29 is 13.9 Å². The number of anilines is 1. The summed E-state index contributed by atoms with van der Waals surface area (Å²) in [5.41, 5.74) is 2.09. The van der Waals surface area contributed by atoms with Crippen LogP contribution in [0.25, 0.3) is 0 Å². The summed E-state index contributed by atoms with van der Waals surface area (Å²) in [6, 6.07) is 5.88. The van der Waals surface area contributed by atoms with E-state index in [4.69, 9.17) is 25.5 Å². The quantitative estimate of drug-likeness (QED) is 0.907. The van der Waals surface area contributed by atoms with Crippen molar-refractivity contribution in [1.82, 2.24) is 0 Å². The number of hydrogen-bond acceptors (Lipinski definition) is 4. The van der Waals surface area contributed by atoms with Crippen LogP contribution in [0.3, 0.4) is 0 Å². The second kappa shape index (κ2) is 5.90. The van der Waals surface area contributed by atoms with Gasteiger partial charge in [-0.2, -0.15) is 0 Å². The Kier molecular flexibility index (Phi) is 3.97. The minimum Gasteiger partial charge on any atom is -0.495 e. The first-order valence-corrected chi connectivity index (χ1v) is 7.35. The van der Waals surface area contributed by atoms with Crippen molar-refractivity contribution in [3.63, 3.8) is 0 Å². The summed E-state index contributed by atoms with van der Waals surface area (Å²) < 4.78 is 16.2. The number of aryl methyl sites for hydroxylation is 1. The molecule has 1 aromatic carbocycles. The number of fused-ring (bicyclic) bond motifs is 1. The molecule has 1 atom stereocenters. The zero-order valence-electron chi connectivity index (χ0n) is 12.1. The summed E-state index contributed by atoms with van der Waals surface area (Å²) in [5.74, 6) is 2.40. The van der Waals surface area contributed by atoms with Crippen molar-refractivity contribution >= 4 is 17.3 Å². The molecule has 0 bridgehead atoms. The predicted octanol–water partition coefficient (Wildman–Crippen LogP) is 4.44. The molecule has 2 aromatic rings. The van der Waals surface area contributed by atoms with Crippen LogP contribution in [-0.2, 0) is 6.42 Å². The molecule has 1 aliphatic carbocycles. The van der Waals surface area contributed by atoms with Crippen molar-refractivity contribution in [2.45, 2.75) is 25.3 Å². The van der Waals surface area contributed by atoms with Crippen LogP contribution in [0.5, 0.6) is 11.5 Å². The lowest BCUT2D eigenvalue weighted by Crippen LogP contribution is -2.16. The molecular weight excluding hydrogens is 290 g/mol. The van der Waals surface area contributed by atoms with Crippen LogP contribution in [0.4, 0.5) is 5.69 Å². The Morgan fingerprint density at radius 2 is 2.05 bits per heavy atom. The predicted molar refractivity (Wildman–Crippen MR) is 82.6 cm³/mol. The van der Waals surface area contributed by atoms with Crippen LogP contribution < -0.4 is 14.8 Å². The van der Waals surface area contributed by atoms with E-state index in [1.54, 1.807) is 26.5 Å². The lowest BCUT2D eigenvalue weighted by molar-refractivity contribution is 0.403. The lowest BCUT2D eigenvalue weighted by Gasteiger charge is -2.25. The second-order valence-corrected chi connectivity index (χ2v) is 5.48. The molecule has 3 rings (SSSR count). The number of nitrogens with one attached hydrogen (secondary N) is 1. The number of furan rings is 1. The van der Waals surface area contributed by atoms with E-state index < -0.39 is 0 Å². The summed E-state index contributed by atoms with van der Waals surface area (Å²) >= 11 is 6.14. The van der Waals surface area contributed by atoms with Gasteiger partial charge in [-0.15, -0.1) is 0 Å². The fourth-order valence-electron chi connectivity index (χ4n) is 2.80. The molecule has 0 amide bonds. The van der Waals surface area contributed by atoms with Gasteiger partial charge >= 0.3 is 0 Å². The Morgan fingerprint density at radius 1 is 1.24 bits per heavy atom. The Hall–Kier alpha value is -1.81. The number of hydrogen-bond donors (Lipinski definition) is 1. The molecule has 0 radical (unpaired) electrons. The van der Waals surface area contributed by atoms with Crippen LogP contribution in [0.1, 0.15) is 30.2 Å². The minimum absolute atomic E-state index is 0.215. The summed E-state index contributed by atoms with van der Waals surface area (Å²) in [6.07, 6.45) is 4.91. The third-order valence-corrected chi connectivity index (χ3v) is 4.15. The SMILES string of the molecule is COc1cc(NC2CCCc3occc32)c(OC)cc1Cl. The highest BCUT2D eigenvalue weighted by Gasteiger charge is 2.23. The average Bonchev–Trinajstić information content (AvgIpc) is 2.98. The fraction of sp³-hybridized carbons (Fsp3) is 0.375. The van der Waals surface area contributed by atoms with Crippen LogP contribution in [0.15, 0.2) is 28.9 Å². The number of rotatable bonds is 4. The first kappa shape index (κ1) is 14.1. The summed E-state index contributed by atoms with van der Waals surface area (Å²) in [4.78, 5) is 0. The molecule has 0 saturated heterocycles. The van der Waals surface area contributed by atoms with E-state index in [1.807, 2.05) is 12.1 Å². The van der Waals surface area contributed by atoms with E-state index in [0.717, 1.165) is 30.7 Å². The van der Waals surface area contributed by atoms with Gasteiger partial charge in [-0.25, -0.2) is 0 Å². The van der Waals surface area contributed by atoms with Gasteiger partial charge in [0.2, 0.25) is 0 Å². The summed E-state index contributed by atoms with van der Waals surface area (Å²) in [5, 5.41) is 4.06. The Morgan fingerprint density at radius 3 is 2.81 bits per heavy atom. The van der Waals surface area contributed by atoms with Crippen molar-refractivity contribution in [2.24, 2.45) is 0 Å². The van der Waals surface area contributed by atoms with Crippen molar-refractivity contribution in [2.75, 3.05) is 19.5 Å². The zero-order valence-corrected chi connectivity index (χ0v) is 12.9. The highest BCUT2D eigenvalue weighted by Crippen LogP contribution is 2.40. The van der Waals surface area contributed by atoms with E-state index in [1.165, 1.54) is 5.56 Å². The van der Waals surface area contributed by atoms with Gasteiger partial charge in [0.05, 0.1) is 37.2 Å². The van der Waals surface area contributed by atoms with Gasteiger partial charge in [-0.3, -0.25) is 0 Å². The van der Waals surface area contributed by atoms with Crippen LogP contribution in [0, 0.1) is 0 Å². The second-order valence-electron chi connectivity index (χ2n) is 5.08. The van der Waals surface area contributed by atoms with E-state index in [0.29, 0.717) is 16.5 Å². The molecule has 4 nitrogen and oxygen atoms in total. The Bertz CT molecular complexity index is 638. The summed E-state index contributed by atoms with van der Waals surface area (Å²) in [6.45, 7) is 0. The highest BCUT2D eigenvalue weighted by molar-refractivity contribution is 6.32. The minimum atomic E-state index is 0.215. The van der Waals surface area contributed by atoms with Gasteiger partial charge in [0.1, 0.15) is 17.3 Å². The smallest absolute Gasteiger partial charge is 0.143 e. The molecule has 1 heterocycles. The first-order chi connectivity index (χ1) is 10.2. The molecule has 1 aliphatic rings. The molecule has 1 unspecified atom stereocenters. The third-order valence-electron chi connectivity index (χ3n) is 3.86. The normalized spacial score (nSPS) is 17.2. The molecule has 5 heteroatoms. The molecule has 112 valence electrons. The molecule has 0 spiro atoms. The largest absolute Gasteiger partial charge is 0.495 e. The number of methoxy groups -OCH3 is 2. The lowest BCUT2D eigenvalue weighted by atomic mass is 9.93. The van der Waals surface area contributed by atoms with Crippen molar-refractivity contribution in [3.8, 4) is 11.5 Å². The third kappa shape index (κ3) is 2.68. The molecule has 0 saturated carbocycles. The molecule has 0 fully saturated rings. The number of halogens is 1. The monoisotopic (exact) mass is 307 g/mol. The molecule has 0 aliphatic heterocycles. The van der Waals surface area contributed by atoms with Crippen LogP contribution in [0.2, 0.25) is 5.02 Å². The van der Waals surface area contributed by atoms with E-state index in [2.05, 4.69) is 5.32 Å². The maximum Gasteiger partial charge on any atom is 0.143 e. The van der Waals surface area contributed by atoms with Gasteiger partial charge in [0.25, 0.3) is 0 Å². The van der Waals surface area contributed by atoms with Gasteiger partial charge in [0.15, 0.2) is 0 Å². The molecule has 1 N–H and O–H groups in total. The number of benzene rings is 1. The van der Waals surface area contributed by atoms with E-state index >= 15 is 0 Å². The van der Waals surface area contributed by atoms with Gasteiger partial charge in [-0.1, -0.05) is 11.6 Å². The topological polar surface area (TPSA) is 43.6 Å². The van der Waals surface area contributed by atoms with Gasteiger partial charge < -0.3 is 19.2 Å². The molecular formula is C16H18ClNO3. The number of ether oxygens (including phenoxy) is 2. The van der Waals surface area contributed by atoms with Crippen LogP contribution in [-0.4, -0.2) is 14.2 Å². The van der Waals surface area contributed by atoms with E-state index in [-0.39, 0.29) is 6.04 Å². The molecule has 1 aromatic heterocycles. The van der Waals surface area contributed by atoms with Crippen molar-refractivity contribution in [3.05, 3.63) is 40.8 Å². The van der Waals surface area contributed by atoms with E-state index in [9.17, 15) is 0 Å². The average molecular weight is 308 g/mol.